The van der Waals surface area contributed by atoms with Gasteiger partial charge in [0.15, 0.2) is 0 Å². The van der Waals surface area contributed by atoms with E-state index in [0.717, 1.165) is 11.1 Å². The summed E-state index contributed by atoms with van der Waals surface area (Å²) in [6.07, 6.45) is 0. The van der Waals surface area contributed by atoms with Gasteiger partial charge in [-0.05, 0) is 48.9 Å². The number of rotatable bonds is 6. The van der Waals surface area contributed by atoms with Crippen molar-refractivity contribution < 1.29 is 17.6 Å². The molecule has 3 aromatic carbocycles. The van der Waals surface area contributed by atoms with Crippen LogP contribution in [0.5, 0.6) is 0 Å². The Morgan fingerprint density at radius 2 is 1.48 bits per heavy atom. The van der Waals surface area contributed by atoms with Crippen LogP contribution in [0.1, 0.15) is 17.2 Å². The number of anilines is 1. The predicted octanol–water partition coefficient (Wildman–Crippen LogP) is 3.82. The smallest absolute Gasteiger partial charge is 0.246 e. The first-order chi connectivity index (χ1) is 15.8. The van der Waals surface area contributed by atoms with Crippen LogP contribution in [0, 0.1) is 12.7 Å². The van der Waals surface area contributed by atoms with E-state index in [1.54, 1.807) is 24.3 Å². The number of carbonyl (C=O) groups excluding carboxylic acids is 1. The lowest BCUT2D eigenvalue weighted by Crippen LogP contribution is -2.51. The predicted molar refractivity (Wildman–Crippen MR) is 126 cm³/mol. The number of aryl methyl sites for hydroxylation is 1. The molecule has 1 heterocycles. The van der Waals surface area contributed by atoms with Crippen molar-refractivity contribution in [2.45, 2.75) is 17.9 Å². The monoisotopic (exact) mass is 467 g/mol. The van der Waals surface area contributed by atoms with Crippen molar-refractivity contribution in [1.29, 1.82) is 0 Å². The maximum absolute atomic E-state index is 13.3. The van der Waals surface area contributed by atoms with Gasteiger partial charge in [-0.3, -0.25) is 9.69 Å². The number of hydrogen-bond acceptors (Lipinski definition) is 4. The number of amides is 1. The number of halogens is 1. The van der Waals surface area contributed by atoms with Gasteiger partial charge in [-0.2, -0.15) is 4.31 Å². The third-order valence-electron chi connectivity index (χ3n) is 5.77. The summed E-state index contributed by atoms with van der Waals surface area (Å²) in [5.74, 6) is -0.624. The Morgan fingerprint density at radius 1 is 0.879 bits per heavy atom. The lowest BCUT2D eigenvalue weighted by atomic mass is 10.0. The average molecular weight is 468 g/mol. The maximum Gasteiger partial charge on any atom is 0.246 e. The number of sulfonamides is 1. The molecule has 1 saturated heterocycles. The topological polar surface area (TPSA) is 69.7 Å². The molecule has 33 heavy (non-hydrogen) atoms. The SMILES string of the molecule is Cc1ccc(S(=O)(=O)N2CCN([C@@H](C(=O)Nc3ccc(F)cc3)c3ccccc3)CC2)cc1. The summed E-state index contributed by atoms with van der Waals surface area (Å²) >= 11 is 0. The molecule has 6 nitrogen and oxygen atoms in total. The number of piperazine rings is 1. The van der Waals surface area contributed by atoms with Crippen LogP contribution >= 0.6 is 0 Å². The highest BCUT2D eigenvalue weighted by atomic mass is 32.2. The third kappa shape index (κ3) is 5.30. The van der Waals surface area contributed by atoms with Gasteiger partial charge in [0, 0.05) is 31.9 Å². The first-order valence-corrected chi connectivity index (χ1v) is 12.2. The van der Waals surface area contributed by atoms with E-state index >= 15 is 0 Å². The highest BCUT2D eigenvalue weighted by molar-refractivity contribution is 7.89. The molecule has 0 spiro atoms. The normalized spacial score (nSPS) is 16.3. The number of carbonyl (C=O) groups is 1. The van der Waals surface area contributed by atoms with E-state index in [2.05, 4.69) is 5.32 Å². The van der Waals surface area contributed by atoms with Crippen molar-refractivity contribution in [2.24, 2.45) is 0 Å². The molecular formula is C25H26FN3O3S. The summed E-state index contributed by atoms with van der Waals surface area (Å²) < 4.78 is 40.8. The molecule has 1 amide bonds. The summed E-state index contributed by atoms with van der Waals surface area (Å²) in [4.78, 5) is 15.5. The van der Waals surface area contributed by atoms with Crippen LogP contribution in [-0.2, 0) is 14.8 Å². The van der Waals surface area contributed by atoms with Crippen LogP contribution < -0.4 is 5.32 Å². The Hall–Kier alpha value is -3.07. The first-order valence-electron chi connectivity index (χ1n) is 10.8. The quantitative estimate of drug-likeness (QED) is 0.598. The van der Waals surface area contributed by atoms with E-state index < -0.39 is 16.1 Å². The summed E-state index contributed by atoms with van der Waals surface area (Å²) in [6, 6.07) is 21.2. The molecule has 1 aliphatic heterocycles. The second kappa shape index (κ2) is 9.82. The van der Waals surface area contributed by atoms with Gasteiger partial charge in [0.05, 0.1) is 4.90 Å². The van der Waals surface area contributed by atoms with Gasteiger partial charge in [0.2, 0.25) is 15.9 Å². The van der Waals surface area contributed by atoms with Crippen molar-refractivity contribution in [3.05, 3.63) is 95.8 Å². The number of benzene rings is 3. The maximum atomic E-state index is 13.3. The largest absolute Gasteiger partial charge is 0.324 e. The van der Waals surface area contributed by atoms with Crippen molar-refractivity contribution in [3.63, 3.8) is 0 Å². The van der Waals surface area contributed by atoms with Crippen LogP contribution in [-0.4, -0.2) is 49.7 Å². The molecule has 8 heteroatoms. The standard InChI is InChI=1S/C25H26FN3O3S/c1-19-7-13-23(14-8-19)33(31,32)29-17-15-28(16-18-29)24(20-5-3-2-4-6-20)25(30)27-22-11-9-21(26)10-12-22/h2-14,24H,15-18H2,1H3,(H,27,30)/t24-/m1/s1. The minimum absolute atomic E-state index is 0.248. The molecule has 0 bridgehead atoms. The molecule has 0 saturated carbocycles. The molecule has 4 rings (SSSR count). The molecule has 0 radical (unpaired) electrons. The van der Waals surface area contributed by atoms with Gasteiger partial charge in [0.25, 0.3) is 0 Å². The highest BCUT2D eigenvalue weighted by Crippen LogP contribution is 2.26. The van der Waals surface area contributed by atoms with E-state index in [4.69, 9.17) is 0 Å². The Bertz CT molecular complexity index is 1190. The summed E-state index contributed by atoms with van der Waals surface area (Å²) in [6.45, 7) is 3.28. The van der Waals surface area contributed by atoms with Crippen molar-refractivity contribution >= 4 is 21.6 Å². The summed E-state index contributed by atoms with van der Waals surface area (Å²) in [7, 11) is -3.59. The zero-order valence-electron chi connectivity index (χ0n) is 18.3. The van der Waals surface area contributed by atoms with Crippen LogP contribution in [0.4, 0.5) is 10.1 Å². The van der Waals surface area contributed by atoms with Gasteiger partial charge in [-0.25, -0.2) is 12.8 Å². The van der Waals surface area contributed by atoms with E-state index in [1.165, 1.54) is 28.6 Å². The Morgan fingerprint density at radius 3 is 2.09 bits per heavy atom. The minimum Gasteiger partial charge on any atom is -0.324 e. The van der Waals surface area contributed by atoms with Gasteiger partial charge < -0.3 is 5.32 Å². The molecule has 0 aromatic heterocycles. The summed E-state index contributed by atoms with van der Waals surface area (Å²) in [5.41, 5.74) is 2.31. The fourth-order valence-corrected chi connectivity index (χ4v) is 5.39. The molecule has 0 unspecified atom stereocenters. The number of nitrogens with zero attached hydrogens (tertiary/aromatic N) is 2. The molecular weight excluding hydrogens is 441 g/mol. The second-order valence-electron chi connectivity index (χ2n) is 8.06. The van der Waals surface area contributed by atoms with E-state index in [0.29, 0.717) is 18.8 Å². The minimum atomic E-state index is -3.59. The lowest BCUT2D eigenvalue weighted by molar-refractivity contribution is -0.122. The molecule has 1 atom stereocenters. The Kier molecular flexibility index (Phi) is 6.88. The molecule has 172 valence electrons. The van der Waals surface area contributed by atoms with E-state index in [-0.39, 0.29) is 29.7 Å². The fraction of sp³-hybridized carbons (Fsp3) is 0.240. The van der Waals surface area contributed by atoms with Crippen LogP contribution in [0.3, 0.4) is 0 Å². The fourth-order valence-electron chi connectivity index (χ4n) is 3.97. The molecule has 3 aromatic rings. The van der Waals surface area contributed by atoms with Crippen molar-refractivity contribution in [1.82, 2.24) is 9.21 Å². The number of nitrogens with one attached hydrogen (secondary N) is 1. The average Bonchev–Trinajstić information content (AvgIpc) is 2.82. The van der Waals surface area contributed by atoms with E-state index in [9.17, 15) is 17.6 Å². The van der Waals surface area contributed by atoms with Crippen LogP contribution in [0.15, 0.2) is 83.8 Å². The lowest BCUT2D eigenvalue weighted by Gasteiger charge is -2.38. The molecule has 1 aliphatic rings. The van der Waals surface area contributed by atoms with Gasteiger partial charge in [0.1, 0.15) is 11.9 Å². The molecule has 0 aliphatic carbocycles. The zero-order chi connectivity index (χ0) is 23.4. The summed E-state index contributed by atoms with van der Waals surface area (Å²) in [5, 5.41) is 2.86. The first kappa shape index (κ1) is 23.1. The van der Waals surface area contributed by atoms with Crippen molar-refractivity contribution in [3.8, 4) is 0 Å². The van der Waals surface area contributed by atoms with Crippen molar-refractivity contribution in [2.75, 3.05) is 31.5 Å². The third-order valence-corrected chi connectivity index (χ3v) is 7.69. The van der Waals surface area contributed by atoms with Gasteiger partial charge in [-0.15, -0.1) is 0 Å². The molecule has 1 N–H and O–H groups in total. The van der Waals surface area contributed by atoms with Crippen LogP contribution in [0.25, 0.3) is 0 Å². The zero-order valence-corrected chi connectivity index (χ0v) is 19.1. The Balaban J connectivity index is 1.51. The van der Waals surface area contributed by atoms with Gasteiger partial charge in [-0.1, -0.05) is 48.0 Å². The van der Waals surface area contributed by atoms with Gasteiger partial charge >= 0.3 is 0 Å². The van der Waals surface area contributed by atoms with E-state index in [1.807, 2.05) is 42.2 Å². The number of hydrogen-bond donors (Lipinski definition) is 1. The highest BCUT2D eigenvalue weighted by Gasteiger charge is 2.34. The van der Waals surface area contributed by atoms with Crippen LogP contribution in [0.2, 0.25) is 0 Å². The second-order valence-corrected chi connectivity index (χ2v) is 10.0. The Labute approximate surface area is 193 Å². The molecule has 1 fully saturated rings.